The van der Waals surface area contributed by atoms with Crippen LogP contribution in [0.2, 0.25) is 0 Å². The van der Waals surface area contributed by atoms with E-state index in [0.717, 1.165) is 15.7 Å². The number of anilines is 1. The Balaban J connectivity index is 2.21. The van der Waals surface area contributed by atoms with E-state index >= 15 is 0 Å². The lowest BCUT2D eigenvalue weighted by Crippen LogP contribution is -2.49. The first-order valence-corrected chi connectivity index (χ1v) is 6.83. The molecule has 100 valence electrons. The number of nitrogens with zero attached hydrogens (tertiary/aromatic N) is 1. The summed E-state index contributed by atoms with van der Waals surface area (Å²) in [6, 6.07) is 6.18. The molecule has 1 heterocycles. The molecule has 0 spiro atoms. The largest absolute Gasteiger partial charge is 0.394 e. The van der Waals surface area contributed by atoms with Gasteiger partial charge in [-0.25, -0.2) is 0 Å². The Morgan fingerprint density at radius 2 is 2.22 bits per heavy atom. The van der Waals surface area contributed by atoms with Gasteiger partial charge in [0.15, 0.2) is 0 Å². The van der Waals surface area contributed by atoms with Crippen LogP contribution in [0.4, 0.5) is 5.69 Å². The second-order valence-electron chi connectivity index (χ2n) is 4.57. The van der Waals surface area contributed by atoms with Crippen LogP contribution >= 0.6 is 15.9 Å². The molecular formula is C13H18BrNO3. The number of hydrogen-bond acceptors (Lipinski definition) is 4. The first-order valence-electron chi connectivity index (χ1n) is 6.04. The van der Waals surface area contributed by atoms with Gasteiger partial charge in [0.1, 0.15) is 0 Å². The number of hydrogen-bond donors (Lipinski definition) is 2. The van der Waals surface area contributed by atoms with Gasteiger partial charge in [-0.3, -0.25) is 0 Å². The van der Waals surface area contributed by atoms with Gasteiger partial charge >= 0.3 is 0 Å². The quantitative estimate of drug-likeness (QED) is 0.888. The molecule has 1 aliphatic rings. The topological polar surface area (TPSA) is 52.9 Å². The zero-order chi connectivity index (χ0) is 13.1. The third-order valence-corrected chi connectivity index (χ3v) is 3.99. The zero-order valence-corrected chi connectivity index (χ0v) is 11.9. The highest BCUT2D eigenvalue weighted by Crippen LogP contribution is 2.27. The summed E-state index contributed by atoms with van der Waals surface area (Å²) < 4.78 is 6.43. The first-order chi connectivity index (χ1) is 8.65. The van der Waals surface area contributed by atoms with Gasteiger partial charge in [0.05, 0.1) is 25.9 Å². The number of rotatable bonds is 3. The molecule has 1 aliphatic heterocycles. The minimum Gasteiger partial charge on any atom is -0.394 e. The number of benzene rings is 1. The fourth-order valence-electron chi connectivity index (χ4n) is 2.13. The molecule has 0 bridgehead atoms. The lowest BCUT2D eigenvalue weighted by Gasteiger charge is -2.39. The summed E-state index contributed by atoms with van der Waals surface area (Å²) in [7, 11) is 0. The van der Waals surface area contributed by atoms with Crippen molar-refractivity contribution < 1.29 is 14.9 Å². The summed E-state index contributed by atoms with van der Waals surface area (Å²) in [5, 5.41) is 18.3. The summed E-state index contributed by atoms with van der Waals surface area (Å²) in [6.07, 6.45) is -0.127. The van der Waals surface area contributed by atoms with Gasteiger partial charge < -0.3 is 19.8 Å². The summed E-state index contributed by atoms with van der Waals surface area (Å²) in [5.74, 6) is 0. The SMILES string of the molecule is CC1COC(CO)CN1c1ccc(CO)c(Br)c1. The third kappa shape index (κ3) is 2.85. The molecule has 0 aromatic heterocycles. The Hall–Kier alpha value is -0.620. The van der Waals surface area contributed by atoms with E-state index in [0.29, 0.717) is 13.2 Å². The van der Waals surface area contributed by atoms with E-state index in [9.17, 15) is 5.11 Å². The molecule has 5 heteroatoms. The Morgan fingerprint density at radius 1 is 1.44 bits per heavy atom. The molecule has 0 saturated carbocycles. The maximum absolute atomic E-state index is 9.18. The van der Waals surface area contributed by atoms with E-state index in [-0.39, 0.29) is 25.4 Å². The average Bonchev–Trinajstić information content (AvgIpc) is 2.39. The van der Waals surface area contributed by atoms with Crippen molar-refractivity contribution in [2.24, 2.45) is 0 Å². The van der Waals surface area contributed by atoms with Crippen LogP contribution in [-0.4, -0.2) is 42.1 Å². The molecular weight excluding hydrogens is 298 g/mol. The number of aliphatic hydroxyl groups is 2. The molecule has 2 N–H and O–H groups in total. The van der Waals surface area contributed by atoms with E-state index in [2.05, 4.69) is 27.8 Å². The van der Waals surface area contributed by atoms with Gasteiger partial charge in [0, 0.05) is 22.7 Å². The molecule has 1 aromatic rings. The number of aliphatic hydroxyl groups excluding tert-OH is 2. The standard InChI is InChI=1S/C13H18BrNO3/c1-9-8-18-12(7-17)5-15(9)11-3-2-10(6-16)13(14)4-11/h2-4,9,12,16-17H,5-8H2,1H3. The van der Waals surface area contributed by atoms with Crippen LogP contribution in [0.15, 0.2) is 22.7 Å². The third-order valence-electron chi connectivity index (χ3n) is 3.25. The van der Waals surface area contributed by atoms with Gasteiger partial charge in [-0.1, -0.05) is 22.0 Å². The predicted molar refractivity (Wildman–Crippen MR) is 73.7 cm³/mol. The predicted octanol–water partition coefficient (Wildman–Crippen LogP) is 1.53. The molecule has 18 heavy (non-hydrogen) atoms. The fourth-order valence-corrected chi connectivity index (χ4v) is 2.62. The summed E-state index contributed by atoms with van der Waals surface area (Å²) >= 11 is 3.46. The lowest BCUT2D eigenvalue weighted by molar-refractivity contribution is -0.0103. The normalized spacial score (nSPS) is 24.3. The van der Waals surface area contributed by atoms with Crippen molar-refractivity contribution in [1.29, 1.82) is 0 Å². The molecule has 4 nitrogen and oxygen atoms in total. The minimum absolute atomic E-state index is 0.0266. The zero-order valence-electron chi connectivity index (χ0n) is 10.3. The van der Waals surface area contributed by atoms with Crippen molar-refractivity contribution in [2.45, 2.75) is 25.7 Å². The minimum atomic E-state index is -0.127. The molecule has 2 atom stereocenters. The number of halogens is 1. The van der Waals surface area contributed by atoms with Gasteiger partial charge in [-0.15, -0.1) is 0 Å². The monoisotopic (exact) mass is 315 g/mol. The molecule has 2 rings (SSSR count). The van der Waals surface area contributed by atoms with Crippen molar-refractivity contribution in [3.63, 3.8) is 0 Å². The van der Waals surface area contributed by atoms with Gasteiger partial charge in [-0.05, 0) is 24.6 Å². The van der Waals surface area contributed by atoms with Crippen molar-refractivity contribution in [2.75, 3.05) is 24.7 Å². The Bertz CT molecular complexity index is 413. The Labute approximate surface area is 115 Å². The average molecular weight is 316 g/mol. The van der Waals surface area contributed by atoms with E-state index in [1.54, 1.807) is 0 Å². The van der Waals surface area contributed by atoms with Crippen molar-refractivity contribution >= 4 is 21.6 Å². The van der Waals surface area contributed by atoms with Gasteiger partial charge in [-0.2, -0.15) is 0 Å². The second-order valence-corrected chi connectivity index (χ2v) is 5.43. The maximum Gasteiger partial charge on any atom is 0.0981 e. The highest BCUT2D eigenvalue weighted by Gasteiger charge is 2.26. The number of ether oxygens (including phenoxy) is 1. The van der Waals surface area contributed by atoms with Gasteiger partial charge in [0.25, 0.3) is 0 Å². The highest BCUT2D eigenvalue weighted by molar-refractivity contribution is 9.10. The summed E-state index contributed by atoms with van der Waals surface area (Å²) in [6.45, 7) is 3.46. The first kappa shape index (κ1) is 13.8. The lowest BCUT2D eigenvalue weighted by atomic mass is 10.1. The van der Waals surface area contributed by atoms with Crippen molar-refractivity contribution in [3.05, 3.63) is 28.2 Å². The molecule has 1 fully saturated rings. The van der Waals surface area contributed by atoms with Crippen LogP contribution in [0, 0.1) is 0 Å². The van der Waals surface area contributed by atoms with Crippen LogP contribution in [0.1, 0.15) is 12.5 Å². The Morgan fingerprint density at radius 3 is 2.83 bits per heavy atom. The number of morpholine rings is 1. The van der Waals surface area contributed by atoms with E-state index in [1.807, 2.05) is 18.2 Å². The van der Waals surface area contributed by atoms with Crippen molar-refractivity contribution in [3.8, 4) is 0 Å². The maximum atomic E-state index is 9.18. The van der Waals surface area contributed by atoms with Crippen LogP contribution in [-0.2, 0) is 11.3 Å². The smallest absolute Gasteiger partial charge is 0.0981 e. The van der Waals surface area contributed by atoms with Gasteiger partial charge in [0.2, 0.25) is 0 Å². The van der Waals surface area contributed by atoms with E-state index < -0.39 is 0 Å². The van der Waals surface area contributed by atoms with Crippen LogP contribution < -0.4 is 4.90 Å². The summed E-state index contributed by atoms with van der Waals surface area (Å²) in [5.41, 5.74) is 1.95. The molecule has 1 aromatic carbocycles. The van der Waals surface area contributed by atoms with Crippen LogP contribution in [0.3, 0.4) is 0 Å². The van der Waals surface area contributed by atoms with Crippen LogP contribution in [0.25, 0.3) is 0 Å². The second kappa shape index (κ2) is 6.02. The van der Waals surface area contributed by atoms with E-state index in [4.69, 9.17) is 9.84 Å². The highest BCUT2D eigenvalue weighted by atomic mass is 79.9. The fraction of sp³-hybridized carbons (Fsp3) is 0.538. The molecule has 0 amide bonds. The van der Waals surface area contributed by atoms with Crippen molar-refractivity contribution in [1.82, 2.24) is 0 Å². The molecule has 1 saturated heterocycles. The van der Waals surface area contributed by atoms with E-state index in [1.165, 1.54) is 0 Å². The molecule has 2 unspecified atom stereocenters. The summed E-state index contributed by atoms with van der Waals surface area (Å²) in [4.78, 5) is 2.22. The van der Waals surface area contributed by atoms with Crippen LogP contribution in [0.5, 0.6) is 0 Å². The molecule has 0 aliphatic carbocycles. The Kier molecular flexibility index (Phi) is 4.61. The molecule has 0 radical (unpaired) electrons.